The molecule has 1 aliphatic heterocycles. The number of allylic oxidation sites excluding steroid dienone is 4. The smallest absolute Gasteiger partial charge is 0.178 e. The van der Waals surface area contributed by atoms with Crippen LogP contribution < -0.4 is 0 Å². The normalized spacial score (nSPS) is 54.8. The summed E-state index contributed by atoms with van der Waals surface area (Å²) in [4.78, 5) is 16.6. The lowest BCUT2D eigenvalue weighted by atomic mass is 9.47. The van der Waals surface area contributed by atoms with Gasteiger partial charge in [0.15, 0.2) is 5.78 Å². The molecule has 8 atom stereocenters. The maximum absolute atomic E-state index is 11.8. The Labute approximate surface area is 143 Å². The van der Waals surface area contributed by atoms with E-state index in [1.54, 1.807) is 6.08 Å². The van der Waals surface area contributed by atoms with E-state index in [2.05, 4.69) is 26.1 Å². The molecule has 0 aromatic heterocycles. The van der Waals surface area contributed by atoms with Gasteiger partial charge in [-0.15, -0.1) is 0 Å². The summed E-state index contributed by atoms with van der Waals surface area (Å²) < 4.78 is 0. The Kier molecular flexibility index (Phi) is 2.94. The molecule has 3 heteroatoms. The van der Waals surface area contributed by atoms with Crippen LogP contribution >= 0.6 is 0 Å². The largest absolute Gasteiger partial charge is 0.393 e. The van der Waals surface area contributed by atoms with E-state index in [0.29, 0.717) is 23.8 Å². The third kappa shape index (κ3) is 1.67. The van der Waals surface area contributed by atoms with Crippen molar-refractivity contribution in [2.45, 2.75) is 58.1 Å². The molecule has 3 saturated carbocycles. The molecule has 4 aliphatic carbocycles. The highest BCUT2D eigenvalue weighted by Gasteiger charge is 2.64. The van der Waals surface area contributed by atoms with Gasteiger partial charge in [0.25, 0.3) is 0 Å². The maximum Gasteiger partial charge on any atom is 0.178 e. The molecule has 128 valence electrons. The monoisotopic (exact) mass is 325 g/mol. The predicted molar refractivity (Wildman–Crippen MR) is 93.8 cm³/mol. The molecule has 1 spiro atoms. The maximum atomic E-state index is 11.8. The molecule has 1 heterocycles. The van der Waals surface area contributed by atoms with Gasteiger partial charge in [-0.2, -0.15) is 0 Å². The Hall–Kier alpha value is -1.22. The third-order valence-corrected chi connectivity index (χ3v) is 8.30. The summed E-state index contributed by atoms with van der Waals surface area (Å²) in [6.07, 6.45) is 13.1. The van der Waals surface area contributed by atoms with E-state index in [9.17, 15) is 9.90 Å². The van der Waals surface area contributed by atoms with Crippen molar-refractivity contribution in [3.8, 4) is 0 Å². The van der Waals surface area contributed by atoms with Crippen LogP contribution in [-0.4, -0.2) is 29.3 Å². The number of nitrogens with zero attached hydrogens (tertiary/aromatic N) is 1. The molecular formula is C21H27NO2. The average Bonchev–Trinajstić information content (AvgIpc) is 3.05. The first-order chi connectivity index (χ1) is 11.5. The van der Waals surface area contributed by atoms with Crippen LogP contribution in [0.5, 0.6) is 0 Å². The van der Waals surface area contributed by atoms with Crippen LogP contribution in [0.25, 0.3) is 0 Å². The zero-order valence-electron chi connectivity index (χ0n) is 14.6. The number of ketones is 1. The van der Waals surface area contributed by atoms with Crippen LogP contribution in [0.3, 0.4) is 0 Å². The average molecular weight is 325 g/mol. The summed E-state index contributed by atoms with van der Waals surface area (Å²) >= 11 is 0. The summed E-state index contributed by atoms with van der Waals surface area (Å²) in [7, 11) is 0. The van der Waals surface area contributed by atoms with Crippen LogP contribution in [0.4, 0.5) is 0 Å². The van der Waals surface area contributed by atoms with Crippen molar-refractivity contribution in [3.05, 3.63) is 23.8 Å². The Balaban J connectivity index is 1.57. The molecule has 0 amide bonds. The number of rotatable bonds is 0. The number of carbonyl (C=O) groups is 1. The minimum absolute atomic E-state index is 0.111. The van der Waals surface area contributed by atoms with Crippen molar-refractivity contribution in [2.24, 2.45) is 39.5 Å². The van der Waals surface area contributed by atoms with Gasteiger partial charge in [0.1, 0.15) is 0 Å². The van der Waals surface area contributed by atoms with E-state index in [1.807, 2.05) is 6.08 Å². The van der Waals surface area contributed by atoms with Crippen LogP contribution in [-0.2, 0) is 4.79 Å². The fourth-order valence-corrected chi connectivity index (χ4v) is 7.36. The zero-order valence-corrected chi connectivity index (χ0v) is 14.6. The molecule has 24 heavy (non-hydrogen) atoms. The van der Waals surface area contributed by atoms with E-state index in [0.717, 1.165) is 19.3 Å². The SMILES string of the molecule is CC1N=CC23CC(O)C4C(CCC5=CC(=O)C=C[C@@]54C)C2CCC13. The summed E-state index contributed by atoms with van der Waals surface area (Å²) in [6.45, 7) is 4.49. The van der Waals surface area contributed by atoms with Crippen molar-refractivity contribution in [1.29, 1.82) is 0 Å². The highest BCUT2D eigenvalue weighted by molar-refractivity contribution is 6.01. The van der Waals surface area contributed by atoms with Gasteiger partial charge in [-0.25, -0.2) is 0 Å². The van der Waals surface area contributed by atoms with Crippen LogP contribution in [0.2, 0.25) is 0 Å². The number of aliphatic imine (C=N–C) groups is 1. The number of aliphatic hydroxyl groups is 1. The first-order valence-electron chi connectivity index (χ1n) is 9.62. The fourth-order valence-electron chi connectivity index (χ4n) is 7.36. The lowest BCUT2D eigenvalue weighted by Gasteiger charge is -2.58. The van der Waals surface area contributed by atoms with E-state index < -0.39 is 0 Å². The molecule has 1 N–H and O–H groups in total. The number of fused-ring (bicyclic) bond motifs is 4. The first-order valence-corrected chi connectivity index (χ1v) is 9.62. The molecule has 5 aliphatic rings. The number of hydrogen-bond donors (Lipinski definition) is 1. The molecule has 0 radical (unpaired) electrons. The Bertz CT molecular complexity index is 692. The molecule has 5 rings (SSSR count). The molecule has 0 aromatic rings. The van der Waals surface area contributed by atoms with Crippen LogP contribution in [0.15, 0.2) is 28.8 Å². The molecule has 0 saturated heterocycles. The van der Waals surface area contributed by atoms with Gasteiger partial charge in [0.2, 0.25) is 0 Å². The summed E-state index contributed by atoms with van der Waals surface area (Å²) in [5, 5.41) is 11.2. The fraction of sp³-hybridized carbons (Fsp3) is 0.714. The van der Waals surface area contributed by atoms with Crippen LogP contribution in [0, 0.1) is 34.5 Å². The molecule has 0 aromatic carbocycles. The molecule has 3 fully saturated rings. The lowest BCUT2D eigenvalue weighted by Crippen LogP contribution is -2.56. The summed E-state index contributed by atoms with van der Waals surface area (Å²) in [5.74, 6) is 2.21. The highest BCUT2D eigenvalue weighted by Crippen LogP contribution is 2.67. The lowest BCUT2D eigenvalue weighted by molar-refractivity contribution is -0.112. The Morgan fingerprint density at radius 3 is 2.88 bits per heavy atom. The van der Waals surface area contributed by atoms with E-state index in [1.165, 1.54) is 18.4 Å². The van der Waals surface area contributed by atoms with E-state index in [-0.39, 0.29) is 28.6 Å². The molecule has 0 bridgehead atoms. The van der Waals surface area contributed by atoms with E-state index >= 15 is 0 Å². The van der Waals surface area contributed by atoms with Gasteiger partial charge in [-0.3, -0.25) is 9.79 Å². The third-order valence-electron chi connectivity index (χ3n) is 8.30. The second-order valence-corrected chi connectivity index (χ2v) is 9.11. The van der Waals surface area contributed by atoms with Gasteiger partial charge in [-0.05, 0) is 68.9 Å². The topological polar surface area (TPSA) is 49.7 Å². The second kappa shape index (κ2) is 4.69. The summed E-state index contributed by atoms with van der Waals surface area (Å²) in [6, 6.07) is 0.417. The Morgan fingerprint density at radius 1 is 1.25 bits per heavy atom. The van der Waals surface area contributed by atoms with Gasteiger partial charge >= 0.3 is 0 Å². The van der Waals surface area contributed by atoms with Gasteiger partial charge in [0, 0.05) is 23.0 Å². The van der Waals surface area contributed by atoms with Gasteiger partial charge < -0.3 is 5.11 Å². The summed E-state index contributed by atoms with van der Waals surface area (Å²) in [5.41, 5.74) is 1.25. The standard InChI is InChI=1S/C21H27NO2/c1-12-16-5-6-17-15-4-3-13-9-14(23)7-8-20(13,2)19(15)18(24)10-21(16,17)11-22-12/h7-9,11-12,15-19,24H,3-6,10H2,1-2H3/t12?,15?,16?,17?,18?,19?,20-,21?/m0/s1. The predicted octanol–water partition coefficient (Wildman–Crippen LogP) is 3.33. The van der Waals surface area contributed by atoms with Crippen molar-refractivity contribution < 1.29 is 9.90 Å². The number of aliphatic hydroxyl groups excluding tert-OH is 1. The van der Waals surface area contributed by atoms with Crippen molar-refractivity contribution in [3.63, 3.8) is 0 Å². The molecule has 3 nitrogen and oxygen atoms in total. The molecular weight excluding hydrogens is 298 g/mol. The van der Waals surface area contributed by atoms with Crippen molar-refractivity contribution >= 4 is 12.0 Å². The number of hydrogen-bond acceptors (Lipinski definition) is 3. The van der Waals surface area contributed by atoms with E-state index in [4.69, 9.17) is 4.99 Å². The molecule has 7 unspecified atom stereocenters. The number of carbonyl (C=O) groups excluding carboxylic acids is 1. The van der Waals surface area contributed by atoms with Gasteiger partial charge in [-0.1, -0.05) is 18.6 Å². The van der Waals surface area contributed by atoms with Gasteiger partial charge in [0.05, 0.1) is 12.1 Å². The zero-order chi connectivity index (χ0) is 16.7. The second-order valence-electron chi connectivity index (χ2n) is 9.11. The Morgan fingerprint density at radius 2 is 2.04 bits per heavy atom. The first kappa shape index (κ1) is 15.1. The highest BCUT2D eigenvalue weighted by atomic mass is 16.3. The minimum atomic E-state index is -0.296. The van der Waals surface area contributed by atoms with Crippen molar-refractivity contribution in [2.75, 3.05) is 0 Å². The quantitative estimate of drug-likeness (QED) is 0.742. The van der Waals surface area contributed by atoms with Crippen molar-refractivity contribution in [1.82, 2.24) is 0 Å². The van der Waals surface area contributed by atoms with Crippen LogP contribution in [0.1, 0.15) is 46.0 Å². The minimum Gasteiger partial charge on any atom is -0.393 e.